The number of hydrogen-bond donors (Lipinski definition) is 2. The summed E-state index contributed by atoms with van der Waals surface area (Å²) in [5, 5.41) is 5.32. The zero-order valence-corrected chi connectivity index (χ0v) is 13.5. The molecule has 0 atom stereocenters. The van der Waals surface area contributed by atoms with Crippen molar-refractivity contribution in [1.82, 2.24) is 0 Å². The maximum Gasteiger partial charge on any atom is 0.418 e. The van der Waals surface area contributed by atoms with Crippen molar-refractivity contribution in [2.24, 2.45) is 0 Å². The summed E-state index contributed by atoms with van der Waals surface area (Å²) in [6.07, 6.45) is -4.55. The minimum atomic E-state index is -4.55. The SMILES string of the molecule is FC(F)(F)c1cc(Cl)ccc1NC(=S)Nc1ccc2c(c1)OCO2. The third-order valence-corrected chi connectivity index (χ3v) is 3.60. The topological polar surface area (TPSA) is 42.5 Å². The first kappa shape index (κ1) is 16.7. The first-order chi connectivity index (χ1) is 11.3. The zero-order chi connectivity index (χ0) is 17.3. The second-order valence-corrected chi connectivity index (χ2v) is 5.68. The van der Waals surface area contributed by atoms with Gasteiger partial charge < -0.3 is 20.1 Å². The molecule has 1 aliphatic heterocycles. The van der Waals surface area contributed by atoms with Gasteiger partial charge in [-0.25, -0.2) is 0 Å². The van der Waals surface area contributed by atoms with Crippen molar-refractivity contribution < 1.29 is 22.6 Å². The van der Waals surface area contributed by atoms with Crippen molar-refractivity contribution in [3.05, 3.63) is 47.0 Å². The van der Waals surface area contributed by atoms with Gasteiger partial charge in [0, 0.05) is 16.8 Å². The summed E-state index contributed by atoms with van der Waals surface area (Å²) < 4.78 is 49.6. The number of halogens is 4. The van der Waals surface area contributed by atoms with Crippen LogP contribution in [-0.2, 0) is 6.18 Å². The first-order valence-electron chi connectivity index (χ1n) is 6.67. The van der Waals surface area contributed by atoms with E-state index in [9.17, 15) is 13.2 Å². The highest BCUT2D eigenvalue weighted by Gasteiger charge is 2.34. The van der Waals surface area contributed by atoms with Crippen LogP contribution in [0.25, 0.3) is 0 Å². The molecule has 9 heteroatoms. The third kappa shape index (κ3) is 3.65. The van der Waals surface area contributed by atoms with E-state index in [0.717, 1.165) is 6.07 Å². The fraction of sp³-hybridized carbons (Fsp3) is 0.133. The summed E-state index contributed by atoms with van der Waals surface area (Å²) >= 11 is 10.7. The van der Waals surface area contributed by atoms with Crippen LogP contribution in [0.4, 0.5) is 24.5 Å². The lowest BCUT2D eigenvalue weighted by atomic mass is 10.1. The van der Waals surface area contributed by atoms with Crippen LogP contribution in [0.2, 0.25) is 5.02 Å². The van der Waals surface area contributed by atoms with Gasteiger partial charge in [0.25, 0.3) is 0 Å². The quantitative estimate of drug-likeness (QED) is 0.732. The maximum absolute atomic E-state index is 13.1. The van der Waals surface area contributed by atoms with E-state index in [1.54, 1.807) is 18.2 Å². The van der Waals surface area contributed by atoms with Crippen molar-refractivity contribution in [2.75, 3.05) is 17.4 Å². The standard InChI is InChI=1S/C15H10ClF3N2O2S/c16-8-1-3-11(10(5-8)15(17,18)19)21-14(24)20-9-2-4-12-13(6-9)23-7-22-12/h1-6H,7H2,(H2,20,21,24). The Balaban J connectivity index is 1.76. The molecule has 0 spiro atoms. The lowest BCUT2D eigenvalue weighted by Crippen LogP contribution is -2.21. The normalized spacial score (nSPS) is 12.8. The molecule has 0 radical (unpaired) electrons. The van der Waals surface area contributed by atoms with Gasteiger partial charge in [-0.1, -0.05) is 11.6 Å². The maximum atomic E-state index is 13.1. The van der Waals surface area contributed by atoms with Gasteiger partial charge >= 0.3 is 6.18 Å². The number of thiocarbonyl (C=S) groups is 1. The number of alkyl halides is 3. The van der Waals surface area contributed by atoms with Crippen molar-refractivity contribution in [2.45, 2.75) is 6.18 Å². The van der Waals surface area contributed by atoms with Gasteiger partial charge in [0.05, 0.1) is 11.3 Å². The molecule has 2 aromatic carbocycles. The van der Waals surface area contributed by atoms with Gasteiger partial charge in [-0.05, 0) is 42.5 Å². The zero-order valence-electron chi connectivity index (χ0n) is 11.9. The van der Waals surface area contributed by atoms with Crippen LogP contribution in [0, 0.1) is 0 Å². The van der Waals surface area contributed by atoms with Crippen LogP contribution in [0.1, 0.15) is 5.56 Å². The summed E-state index contributed by atoms with van der Waals surface area (Å²) in [4.78, 5) is 0. The van der Waals surface area contributed by atoms with Gasteiger partial charge in [-0.15, -0.1) is 0 Å². The molecule has 0 amide bonds. The lowest BCUT2D eigenvalue weighted by Gasteiger charge is -2.16. The largest absolute Gasteiger partial charge is 0.454 e. The Morgan fingerprint density at radius 2 is 1.79 bits per heavy atom. The first-order valence-corrected chi connectivity index (χ1v) is 7.46. The average Bonchev–Trinajstić information content (AvgIpc) is 2.95. The highest BCUT2D eigenvalue weighted by molar-refractivity contribution is 7.80. The summed E-state index contributed by atoms with van der Waals surface area (Å²) in [5.74, 6) is 1.13. The summed E-state index contributed by atoms with van der Waals surface area (Å²) in [7, 11) is 0. The van der Waals surface area contributed by atoms with Gasteiger partial charge in [0.1, 0.15) is 0 Å². The second kappa shape index (κ2) is 6.37. The molecule has 4 nitrogen and oxygen atoms in total. The number of ether oxygens (including phenoxy) is 2. The van der Waals surface area contributed by atoms with Crippen LogP contribution < -0.4 is 20.1 Å². The van der Waals surface area contributed by atoms with Gasteiger partial charge in [-0.3, -0.25) is 0 Å². The van der Waals surface area contributed by atoms with Crippen molar-refractivity contribution in [1.29, 1.82) is 0 Å². The van der Waals surface area contributed by atoms with E-state index in [4.69, 9.17) is 33.3 Å². The molecule has 0 unspecified atom stereocenters. The van der Waals surface area contributed by atoms with Gasteiger partial charge in [0.2, 0.25) is 6.79 Å². The van der Waals surface area contributed by atoms with Crippen LogP contribution >= 0.6 is 23.8 Å². The molecule has 2 N–H and O–H groups in total. The molecule has 2 aromatic rings. The third-order valence-electron chi connectivity index (χ3n) is 3.17. The molecular weight excluding hydrogens is 365 g/mol. The molecule has 3 rings (SSSR count). The smallest absolute Gasteiger partial charge is 0.418 e. The number of rotatable bonds is 2. The van der Waals surface area contributed by atoms with Crippen LogP contribution in [0.5, 0.6) is 11.5 Å². The van der Waals surface area contributed by atoms with Crippen molar-refractivity contribution >= 4 is 40.3 Å². The number of fused-ring (bicyclic) bond motifs is 1. The van der Waals surface area contributed by atoms with Gasteiger partial charge in [0.15, 0.2) is 16.6 Å². The molecule has 0 saturated carbocycles. The Labute approximate surface area is 145 Å². The molecule has 0 aliphatic carbocycles. The average molecular weight is 375 g/mol. The summed E-state index contributed by atoms with van der Waals surface area (Å²) in [6.45, 7) is 0.126. The molecule has 0 aromatic heterocycles. The minimum absolute atomic E-state index is 0.00156. The Hall–Kier alpha value is -2.19. The number of nitrogens with one attached hydrogen (secondary N) is 2. The Morgan fingerprint density at radius 3 is 2.54 bits per heavy atom. The predicted octanol–water partition coefficient (Wildman–Crippen LogP) is 4.90. The number of benzene rings is 2. The van der Waals surface area contributed by atoms with E-state index in [2.05, 4.69) is 10.6 Å². The van der Waals surface area contributed by atoms with Gasteiger partial charge in [-0.2, -0.15) is 13.2 Å². The number of anilines is 2. The molecule has 0 fully saturated rings. The monoisotopic (exact) mass is 374 g/mol. The molecule has 24 heavy (non-hydrogen) atoms. The van der Waals surface area contributed by atoms with E-state index >= 15 is 0 Å². The van der Waals surface area contributed by atoms with Crippen LogP contribution in [0.15, 0.2) is 36.4 Å². The predicted molar refractivity (Wildman–Crippen MR) is 88.9 cm³/mol. The second-order valence-electron chi connectivity index (χ2n) is 4.83. The molecule has 126 valence electrons. The summed E-state index contributed by atoms with van der Waals surface area (Å²) in [6, 6.07) is 8.40. The molecule has 1 aliphatic rings. The highest BCUT2D eigenvalue weighted by Crippen LogP contribution is 2.37. The van der Waals surface area contributed by atoms with E-state index in [0.29, 0.717) is 17.2 Å². The molecular formula is C15H10ClF3N2O2S. The lowest BCUT2D eigenvalue weighted by molar-refractivity contribution is -0.136. The van der Waals surface area contributed by atoms with Crippen molar-refractivity contribution in [3.8, 4) is 11.5 Å². The Kier molecular flexibility index (Phi) is 4.42. The van der Waals surface area contributed by atoms with E-state index in [1.165, 1.54) is 12.1 Å². The Bertz CT molecular complexity index is 799. The van der Waals surface area contributed by atoms with Crippen LogP contribution in [0.3, 0.4) is 0 Å². The van der Waals surface area contributed by atoms with Crippen LogP contribution in [-0.4, -0.2) is 11.9 Å². The summed E-state index contributed by atoms with van der Waals surface area (Å²) in [5.41, 5.74) is -0.533. The van der Waals surface area contributed by atoms with E-state index in [-0.39, 0.29) is 22.6 Å². The number of hydrogen-bond acceptors (Lipinski definition) is 3. The Morgan fingerprint density at radius 1 is 1.04 bits per heavy atom. The minimum Gasteiger partial charge on any atom is -0.454 e. The molecule has 0 bridgehead atoms. The van der Waals surface area contributed by atoms with Crippen molar-refractivity contribution in [3.63, 3.8) is 0 Å². The highest BCUT2D eigenvalue weighted by atomic mass is 35.5. The van der Waals surface area contributed by atoms with E-state index in [1.807, 2.05) is 0 Å². The van der Waals surface area contributed by atoms with E-state index < -0.39 is 11.7 Å². The molecule has 0 saturated heterocycles. The fourth-order valence-corrected chi connectivity index (χ4v) is 2.52. The molecule has 1 heterocycles. The fourth-order valence-electron chi connectivity index (χ4n) is 2.12.